The third kappa shape index (κ3) is 6.86. The van der Waals surface area contributed by atoms with Crippen molar-refractivity contribution in [1.29, 1.82) is 0 Å². The molecule has 1 rings (SSSR count). The zero-order chi connectivity index (χ0) is 14.5. The number of hydrogen-bond acceptors (Lipinski definition) is 4. The number of aromatic nitrogens is 2. The van der Waals surface area contributed by atoms with Crippen molar-refractivity contribution < 1.29 is 4.79 Å². The van der Waals surface area contributed by atoms with E-state index in [0.29, 0.717) is 18.8 Å². The Morgan fingerprint density at radius 1 is 1.47 bits per heavy atom. The maximum atomic E-state index is 11.8. The fourth-order valence-electron chi connectivity index (χ4n) is 1.96. The Bertz CT molecular complexity index is 426. The molecule has 1 heterocycles. The molecule has 19 heavy (non-hydrogen) atoms. The number of carbonyl (C=O) groups is 1. The molecule has 0 bridgehead atoms. The van der Waals surface area contributed by atoms with E-state index in [0.717, 1.165) is 12.1 Å². The van der Waals surface area contributed by atoms with Crippen LogP contribution in [0.25, 0.3) is 0 Å². The molecule has 0 aromatic carbocycles. The fourth-order valence-corrected chi connectivity index (χ4v) is 1.96. The predicted molar refractivity (Wildman–Crippen MR) is 75.3 cm³/mol. The second-order valence-corrected chi connectivity index (χ2v) is 6.10. The van der Waals surface area contributed by atoms with E-state index in [9.17, 15) is 4.79 Å². The molecular weight excluding hydrogens is 240 g/mol. The predicted octanol–water partition coefficient (Wildman–Crippen LogP) is 1.55. The molecule has 1 unspecified atom stereocenters. The van der Waals surface area contributed by atoms with E-state index >= 15 is 0 Å². The third-order valence-corrected chi connectivity index (χ3v) is 2.62. The molecular formula is C14H24N4O. The van der Waals surface area contributed by atoms with Crippen LogP contribution in [-0.2, 0) is 11.3 Å². The summed E-state index contributed by atoms with van der Waals surface area (Å²) >= 11 is 0. The summed E-state index contributed by atoms with van der Waals surface area (Å²) < 4.78 is 0. The van der Waals surface area contributed by atoms with Crippen LogP contribution in [0.3, 0.4) is 0 Å². The molecule has 0 saturated heterocycles. The number of nitrogens with one attached hydrogen (secondary N) is 1. The summed E-state index contributed by atoms with van der Waals surface area (Å²) in [6.07, 6.45) is 2.86. The Hall–Kier alpha value is -1.49. The van der Waals surface area contributed by atoms with Gasteiger partial charge < -0.3 is 11.1 Å². The van der Waals surface area contributed by atoms with Gasteiger partial charge in [-0.2, -0.15) is 0 Å². The largest absolute Gasteiger partial charge is 0.350 e. The lowest BCUT2D eigenvalue weighted by Gasteiger charge is -2.22. The van der Waals surface area contributed by atoms with Crippen LogP contribution < -0.4 is 11.1 Å². The van der Waals surface area contributed by atoms with Gasteiger partial charge in [0.05, 0.1) is 12.2 Å². The SMILES string of the molecule is Cc1nccc(CNC(=O)CC(N)CC(C)(C)C)n1. The van der Waals surface area contributed by atoms with E-state index < -0.39 is 0 Å². The van der Waals surface area contributed by atoms with Crippen molar-refractivity contribution in [1.82, 2.24) is 15.3 Å². The molecule has 0 saturated carbocycles. The van der Waals surface area contributed by atoms with Gasteiger partial charge in [0.15, 0.2) is 0 Å². The van der Waals surface area contributed by atoms with Gasteiger partial charge in [-0.05, 0) is 24.8 Å². The van der Waals surface area contributed by atoms with E-state index in [2.05, 4.69) is 36.1 Å². The summed E-state index contributed by atoms with van der Waals surface area (Å²) in [5.41, 5.74) is 6.92. The van der Waals surface area contributed by atoms with Crippen molar-refractivity contribution in [3.63, 3.8) is 0 Å². The molecule has 0 aliphatic heterocycles. The Kier molecular flexibility index (Phi) is 5.42. The van der Waals surface area contributed by atoms with Crippen LogP contribution in [0.5, 0.6) is 0 Å². The third-order valence-electron chi connectivity index (χ3n) is 2.62. The first-order valence-corrected chi connectivity index (χ1v) is 6.57. The van der Waals surface area contributed by atoms with Crippen molar-refractivity contribution in [2.24, 2.45) is 11.1 Å². The van der Waals surface area contributed by atoms with Crippen LogP contribution in [0.15, 0.2) is 12.3 Å². The van der Waals surface area contributed by atoms with Crippen molar-refractivity contribution in [3.05, 3.63) is 23.8 Å². The quantitative estimate of drug-likeness (QED) is 0.845. The van der Waals surface area contributed by atoms with Crippen LogP contribution >= 0.6 is 0 Å². The number of amides is 1. The molecule has 5 nitrogen and oxygen atoms in total. The summed E-state index contributed by atoms with van der Waals surface area (Å²) in [6.45, 7) is 8.60. The van der Waals surface area contributed by atoms with Gasteiger partial charge >= 0.3 is 0 Å². The van der Waals surface area contributed by atoms with E-state index in [1.807, 2.05) is 6.92 Å². The van der Waals surface area contributed by atoms with Crippen molar-refractivity contribution in [3.8, 4) is 0 Å². The molecule has 5 heteroatoms. The molecule has 0 aliphatic carbocycles. The van der Waals surface area contributed by atoms with Crippen LogP contribution in [0, 0.1) is 12.3 Å². The molecule has 0 fully saturated rings. The lowest BCUT2D eigenvalue weighted by molar-refractivity contribution is -0.121. The van der Waals surface area contributed by atoms with Gasteiger partial charge in [0.2, 0.25) is 5.91 Å². The average molecular weight is 264 g/mol. The van der Waals surface area contributed by atoms with Crippen molar-refractivity contribution in [2.45, 2.75) is 53.1 Å². The molecule has 0 radical (unpaired) electrons. The summed E-state index contributed by atoms with van der Waals surface area (Å²) in [5.74, 6) is 0.671. The molecule has 1 atom stereocenters. The minimum atomic E-state index is -0.105. The zero-order valence-electron chi connectivity index (χ0n) is 12.2. The Labute approximate surface area is 115 Å². The second kappa shape index (κ2) is 6.61. The minimum absolute atomic E-state index is 0.0342. The average Bonchev–Trinajstić information content (AvgIpc) is 2.23. The number of aryl methyl sites for hydroxylation is 1. The van der Waals surface area contributed by atoms with E-state index in [1.165, 1.54) is 0 Å². The van der Waals surface area contributed by atoms with Gasteiger partial charge in [-0.1, -0.05) is 20.8 Å². The fraction of sp³-hybridized carbons (Fsp3) is 0.643. The van der Waals surface area contributed by atoms with Crippen LogP contribution in [0.1, 0.15) is 45.1 Å². The van der Waals surface area contributed by atoms with E-state index in [1.54, 1.807) is 12.3 Å². The second-order valence-electron chi connectivity index (χ2n) is 6.10. The minimum Gasteiger partial charge on any atom is -0.350 e. The highest BCUT2D eigenvalue weighted by atomic mass is 16.1. The topological polar surface area (TPSA) is 80.9 Å². The number of nitrogens with zero attached hydrogens (tertiary/aromatic N) is 2. The van der Waals surface area contributed by atoms with E-state index in [-0.39, 0.29) is 17.4 Å². The Morgan fingerprint density at radius 3 is 2.74 bits per heavy atom. The summed E-state index contributed by atoms with van der Waals surface area (Å²) in [5, 5.41) is 2.83. The lowest BCUT2D eigenvalue weighted by Crippen LogP contribution is -2.34. The first-order chi connectivity index (χ1) is 8.76. The highest BCUT2D eigenvalue weighted by molar-refractivity contribution is 5.76. The van der Waals surface area contributed by atoms with Gasteiger partial charge in [0, 0.05) is 18.7 Å². The lowest BCUT2D eigenvalue weighted by atomic mass is 9.87. The number of carbonyl (C=O) groups excluding carboxylic acids is 1. The first kappa shape index (κ1) is 15.6. The number of nitrogens with two attached hydrogens (primary N) is 1. The van der Waals surface area contributed by atoms with Crippen LogP contribution in [0.2, 0.25) is 0 Å². The molecule has 1 aromatic rings. The molecule has 1 aromatic heterocycles. The number of rotatable bonds is 5. The maximum Gasteiger partial charge on any atom is 0.221 e. The van der Waals surface area contributed by atoms with Crippen LogP contribution in [-0.4, -0.2) is 21.9 Å². The normalized spacial score (nSPS) is 13.1. The summed E-state index contributed by atoms with van der Waals surface area (Å²) in [4.78, 5) is 20.0. The molecule has 0 aliphatic rings. The molecule has 3 N–H and O–H groups in total. The smallest absolute Gasteiger partial charge is 0.221 e. The van der Waals surface area contributed by atoms with Crippen molar-refractivity contribution >= 4 is 5.91 Å². The maximum absolute atomic E-state index is 11.8. The highest BCUT2D eigenvalue weighted by Gasteiger charge is 2.17. The summed E-state index contributed by atoms with van der Waals surface area (Å²) in [6, 6.07) is 1.69. The van der Waals surface area contributed by atoms with Gasteiger partial charge in [-0.25, -0.2) is 9.97 Å². The highest BCUT2D eigenvalue weighted by Crippen LogP contribution is 2.20. The van der Waals surface area contributed by atoms with E-state index in [4.69, 9.17) is 5.73 Å². The Balaban J connectivity index is 2.36. The standard InChI is InChI=1S/C14H24N4O/c1-10-16-6-5-12(18-10)9-17-13(19)7-11(15)8-14(2,3)4/h5-6,11H,7-9,15H2,1-4H3,(H,17,19). The van der Waals surface area contributed by atoms with Gasteiger partial charge in [0.1, 0.15) is 5.82 Å². The monoisotopic (exact) mass is 264 g/mol. The first-order valence-electron chi connectivity index (χ1n) is 6.57. The van der Waals surface area contributed by atoms with Gasteiger partial charge in [-0.3, -0.25) is 4.79 Å². The van der Waals surface area contributed by atoms with Crippen molar-refractivity contribution in [2.75, 3.05) is 0 Å². The van der Waals surface area contributed by atoms with Crippen LogP contribution in [0.4, 0.5) is 0 Å². The molecule has 1 amide bonds. The molecule has 0 spiro atoms. The zero-order valence-corrected chi connectivity index (χ0v) is 12.2. The van der Waals surface area contributed by atoms with Gasteiger partial charge in [0.25, 0.3) is 0 Å². The van der Waals surface area contributed by atoms with Gasteiger partial charge in [-0.15, -0.1) is 0 Å². The Morgan fingerprint density at radius 2 is 2.16 bits per heavy atom. The summed E-state index contributed by atoms with van der Waals surface area (Å²) in [7, 11) is 0. The number of hydrogen-bond donors (Lipinski definition) is 2. The molecule has 106 valence electrons.